The van der Waals surface area contributed by atoms with Gasteiger partial charge in [-0.2, -0.15) is 0 Å². The van der Waals surface area contributed by atoms with Crippen molar-refractivity contribution in [3.8, 4) is 11.5 Å². The molecule has 0 aliphatic carbocycles. The van der Waals surface area contributed by atoms with Crippen molar-refractivity contribution in [3.05, 3.63) is 23.8 Å². The molecule has 3 rings (SSSR count). The van der Waals surface area contributed by atoms with Crippen LogP contribution in [0.25, 0.3) is 10.9 Å². The zero-order valence-electron chi connectivity index (χ0n) is 10.6. The molecule has 1 N–H and O–H groups in total. The maximum atomic E-state index is 5.68. The van der Waals surface area contributed by atoms with Gasteiger partial charge in [0, 0.05) is 24.9 Å². The third-order valence-electron chi connectivity index (χ3n) is 3.11. The predicted octanol–water partition coefficient (Wildman–Crippen LogP) is 2.75. The van der Waals surface area contributed by atoms with Gasteiger partial charge in [0.25, 0.3) is 0 Å². The highest BCUT2D eigenvalue weighted by Crippen LogP contribution is 2.34. The van der Waals surface area contributed by atoms with Crippen molar-refractivity contribution < 1.29 is 9.47 Å². The van der Waals surface area contributed by atoms with E-state index in [1.807, 2.05) is 26.1 Å². The van der Waals surface area contributed by atoms with E-state index in [0.29, 0.717) is 13.2 Å². The molecule has 0 unspecified atom stereocenters. The fourth-order valence-corrected chi connectivity index (χ4v) is 2.19. The van der Waals surface area contributed by atoms with Crippen LogP contribution in [0.15, 0.2) is 18.2 Å². The highest BCUT2D eigenvalue weighted by atomic mass is 16.5. The first-order valence-electron chi connectivity index (χ1n) is 6.16. The molecule has 0 amide bonds. The van der Waals surface area contributed by atoms with E-state index in [-0.39, 0.29) is 0 Å². The number of anilines is 1. The van der Waals surface area contributed by atoms with Crippen molar-refractivity contribution in [1.82, 2.24) is 4.98 Å². The van der Waals surface area contributed by atoms with E-state index >= 15 is 0 Å². The molecule has 4 nitrogen and oxygen atoms in total. The number of benzene rings is 1. The Labute approximate surface area is 106 Å². The monoisotopic (exact) mass is 244 g/mol. The van der Waals surface area contributed by atoms with Gasteiger partial charge in [-0.25, -0.2) is 4.98 Å². The summed E-state index contributed by atoms with van der Waals surface area (Å²) in [5.74, 6) is 2.51. The summed E-state index contributed by atoms with van der Waals surface area (Å²) >= 11 is 0. The number of hydrogen-bond donors (Lipinski definition) is 1. The van der Waals surface area contributed by atoms with Crippen LogP contribution in [0.4, 0.5) is 5.82 Å². The third-order valence-corrected chi connectivity index (χ3v) is 3.11. The van der Waals surface area contributed by atoms with Crippen LogP contribution in [-0.4, -0.2) is 25.2 Å². The Morgan fingerprint density at radius 2 is 1.83 bits per heavy atom. The summed E-state index contributed by atoms with van der Waals surface area (Å²) in [5.41, 5.74) is 2.05. The SMILES string of the molecule is CNc1nc2cc3c(cc2cc1C)OCCCO3. The number of rotatable bonds is 1. The Kier molecular flexibility index (Phi) is 2.70. The average molecular weight is 244 g/mol. The molecule has 18 heavy (non-hydrogen) atoms. The molecular formula is C14H16N2O2. The second-order valence-electron chi connectivity index (χ2n) is 4.45. The Morgan fingerprint density at radius 3 is 2.56 bits per heavy atom. The summed E-state index contributed by atoms with van der Waals surface area (Å²) in [4.78, 5) is 4.59. The number of ether oxygens (including phenoxy) is 2. The van der Waals surface area contributed by atoms with Crippen LogP contribution in [0.3, 0.4) is 0 Å². The van der Waals surface area contributed by atoms with Crippen LogP contribution in [0.2, 0.25) is 0 Å². The molecule has 94 valence electrons. The van der Waals surface area contributed by atoms with E-state index in [2.05, 4.69) is 16.4 Å². The van der Waals surface area contributed by atoms with Gasteiger partial charge < -0.3 is 14.8 Å². The standard InChI is InChI=1S/C14H16N2O2/c1-9-6-10-7-12-13(18-5-3-4-17-12)8-11(10)16-14(9)15-2/h6-8H,3-5H2,1-2H3,(H,15,16). The molecule has 0 atom stereocenters. The van der Waals surface area contributed by atoms with Crippen LogP contribution in [0.1, 0.15) is 12.0 Å². The van der Waals surface area contributed by atoms with Gasteiger partial charge in [0.2, 0.25) is 0 Å². The molecule has 2 heterocycles. The maximum absolute atomic E-state index is 5.68. The van der Waals surface area contributed by atoms with Gasteiger partial charge in [0.05, 0.1) is 18.7 Å². The number of hydrogen-bond acceptors (Lipinski definition) is 4. The van der Waals surface area contributed by atoms with Crippen LogP contribution in [0.5, 0.6) is 11.5 Å². The number of pyridine rings is 1. The van der Waals surface area contributed by atoms with Gasteiger partial charge in [-0.15, -0.1) is 0 Å². The summed E-state index contributed by atoms with van der Waals surface area (Å²) in [7, 11) is 1.88. The Balaban J connectivity index is 2.19. The average Bonchev–Trinajstić information content (AvgIpc) is 2.60. The molecule has 0 saturated carbocycles. The van der Waals surface area contributed by atoms with Crippen LogP contribution < -0.4 is 14.8 Å². The third kappa shape index (κ3) is 1.83. The second kappa shape index (κ2) is 4.37. The molecule has 1 aliphatic heterocycles. The fourth-order valence-electron chi connectivity index (χ4n) is 2.19. The van der Waals surface area contributed by atoms with E-state index in [4.69, 9.17) is 9.47 Å². The van der Waals surface area contributed by atoms with Crippen molar-refractivity contribution in [1.29, 1.82) is 0 Å². The molecule has 4 heteroatoms. The number of fused-ring (bicyclic) bond motifs is 2. The van der Waals surface area contributed by atoms with Gasteiger partial charge in [0.1, 0.15) is 5.82 Å². The minimum atomic E-state index is 0.698. The summed E-state index contributed by atoms with van der Waals surface area (Å²) < 4.78 is 11.4. The number of nitrogens with one attached hydrogen (secondary N) is 1. The van der Waals surface area contributed by atoms with Crippen LogP contribution in [0, 0.1) is 6.92 Å². The zero-order chi connectivity index (χ0) is 12.5. The zero-order valence-corrected chi connectivity index (χ0v) is 10.6. The highest BCUT2D eigenvalue weighted by molar-refractivity contribution is 5.85. The summed E-state index contributed by atoms with van der Waals surface area (Å²) in [6.45, 7) is 3.45. The van der Waals surface area contributed by atoms with Crippen molar-refractivity contribution in [2.24, 2.45) is 0 Å². The first-order valence-corrected chi connectivity index (χ1v) is 6.16. The topological polar surface area (TPSA) is 43.4 Å². The lowest BCUT2D eigenvalue weighted by Crippen LogP contribution is -1.97. The smallest absolute Gasteiger partial charge is 0.163 e. The van der Waals surface area contributed by atoms with Crippen molar-refractivity contribution in [3.63, 3.8) is 0 Å². The van der Waals surface area contributed by atoms with Crippen LogP contribution in [-0.2, 0) is 0 Å². The van der Waals surface area contributed by atoms with E-state index in [1.165, 1.54) is 0 Å². The molecule has 0 saturated heterocycles. The first-order chi connectivity index (χ1) is 8.78. The van der Waals surface area contributed by atoms with Gasteiger partial charge in [0.15, 0.2) is 11.5 Å². The maximum Gasteiger partial charge on any atom is 0.163 e. The Morgan fingerprint density at radius 1 is 1.11 bits per heavy atom. The summed E-state index contributed by atoms with van der Waals surface area (Å²) in [6, 6.07) is 6.08. The normalized spacial score (nSPS) is 14.3. The molecule has 2 aromatic rings. The lowest BCUT2D eigenvalue weighted by Gasteiger charge is -2.11. The molecule has 1 aromatic carbocycles. The number of aryl methyl sites for hydroxylation is 1. The molecule has 0 fully saturated rings. The fraction of sp³-hybridized carbons (Fsp3) is 0.357. The quantitative estimate of drug-likeness (QED) is 0.837. The Bertz CT molecular complexity index is 596. The number of aromatic nitrogens is 1. The Hall–Kier alpha value is -1.97. The predicted molar refractivity (Wildman–Crippen MR) is 71.6 cm³/mol. The molecule has 0 spiro atoms. The lowest BCUT2D eigenvalue weighted by molar-refractivity contribution is 0.297. The van der Waals surface area contributed by atoms with Crippen LogP contribution >= 0.6 is 0 Å². The largest absolute Gasteiger partial charge is 0.490 e. The summed E-state index contributed by atoms with van der Waals surface area (Å²) in [5, 5.41) is 4.18. The molecular weight excluding hydrogens is 228 g/mol. The van der Waals surface area contributed by atoms with E-state index in [9.17, 15) is 0 Å². The highest BCUT2D eigenvalue weighted by Gasteiger charge is 2.13. The molecule has 1 aromatic heterocycles. The second-order valence-corrected chi connectivity index (χ2v) is 4.45. The molecule has 0 radical (unpaired) electrons. The van der Waals surface area contributed by atoms with Crippen molar-refractivity contribution in [2.45, 2.75) is 13.3 Å². The lowest BCUT2D eigenvalue weighted by atomic mass is 10.1. The first kappa shape index (κ1) is 11.1. The number of nitrogens with zero attached hydrogens (tertiary/aromatic N) is 1. The van der Waals surface area contributed by atoms with Crippen molar-refractivity contribution >= 4 is 16.7 Å². The summed E-state index contributed by atoms with van der Waals surface area (Å²) in [6.07, 6.45) is 0.916. The van der Waals surface area contributed by atoms with E-state index < -0.39 is 0 Å². The van der Waals surface area contributed by atoms with Gasteiger partial charge >= 0.3 is 0 Å². The molecule has 0 bridgehead atoms. The minimum absolute atomic E-state index is 0.698. The van der Waals surface area contributed by atoms with Gasteiger partial charge in [-0.05, 0) is 24.6 Å². The molecule has 1 aliphatic rings. The van der Waals surface area contributed by atoms with E-state index in [1.54, 1.807) is 0 Å². The van der Waals surface area contributed by atoms with Crippen molar-refractivity contribution in [2.75, 3.05) is 25.6 Å². The minimum Gasteiger partial charge on any atom is -0.490 e. The van der Waals surface area contributed by atoms with Gasteiger partial charge in [-0.3, -0.25) is 0 Å². The van der Waals surface area contributed by atoms with Gasteiger partial charge in [-0.1, -0.05) is 0 Å². The van der Waals surface area contributed by atoms with E-state index in [0.717, 1.165) is 40.2 Å².